The summed E-state index contributed by atoms with van der Waals surface area (Å²) in [6, 6.07) is 18.7. The third-order valence-corrected chi connectivity index (χ3v) is 6.44. The van der Waals surface area contributed by atoms with Crippen molar-refractivity contribution >= 4 is 21.9 Å². The van der Waals surface area contributed by atoms with Crippen LogP contribution in [-0.4, -0.2) is 0 Å². The van der Waals surface area contributed by atoms with E-state index in [4.69, 9.17) is 8.83 Å². The zero-order chi connectivity index (χ0) is 21.1. The summed E-state index contributed by atoms with van der Waals surface area (Å²) in [5, 5.41) is 11.9. The Hall–Kier alpha value is -3.84. The van der Waals surface area contributed by atoms with Gasteiger partial charge in [0.05, 0.1) is 16.7 Å². The lowest BCUT2D eigenvalue weighted by Crippen LogP contribution is -2.30. The van der Waals surface area contributed by atoms with Crippen LogP contribution in [0.3, 0.4) is 0 Å². The molecule has 0 amide bonds. The number of aromatic nitrogens is 1. The number of pyridine rings is 1. The van der Waals surface area contributed by atoms with Crippen molar-refractivity contribution in [3.05, 3.63) is 77.2 Å². The van der Waals surface area contributed by atoms with Gasteiger partial charge in [0.2, 0.25) is 5.69 Å². The molecule has 0 saturated heterocycles. The van der Waals surface area contributed by atoms with Crippen molar-refractivity contribution < 1.29 is 13.4 Å². The quantitative estimate of drug-likeness (QED) is 0.338. The summed E-state index contributed by atoms with van der Waals surface area (Å²) in [6.07, 6.45) is 5.16. The van der Waals surface area contributed by atoms with Gasteiger partial charge in [0.25, 0.3) is 0 Å². The number of rotatable bonds is 2. The summed E-state index contributed by atoms with van der Waals surface area (Å²) in [6.45, 7) is 2.10. The lowest BCUT2D eigenvalue weighted by Gasteiger charge is -2.04. The van der Waals surface area contributed by atoms with Crippen LogP contribution in [0.4, 0.5) is 0 Å². The molecule has 3 heterocycles. The predicted molar refractivity (Wildman–Crippen MR) is 120 cm³/mol. The first-order valence-electron chi connectivity index (χ1n) is 10.6. The molecule has 0 atom stereocenters. The van der Waals surface area contributed by atoms with Crippen LogP contribution in [0.15, 0.2) is 63.6 Å². The van der Waals surface area contributed by atoms with E-state index in [0.29, 0.717) is 11.1 Å². The Morgan fingerprint density at radius 1 is 0.935 bits per heavy atom. The van der Waals surface area contributed by atoms with E-state index in [2.05, 4.69) is 41.8 Å². The molecule has 0 aliphatic heterocycles. The number of hydrogen-bond acceptors (Lipinski definition) is 3. The average Bonchev–Trinajstić information content (AvgIpc) is 3.46. The number of furan rings is 2. The zero-order valence-corrected chi connectivity index (χ0v) is 17.5. The van der Waals surface area contributed by atoms with Crippen molar-refractivity contribution in [3.8, 4) is 28.7 Å². The highest BCUT2D eigenvalue weighted by atomic mass is 16.4. The fraction of sp³-hybridized carbons (Fsp3) is 0.185. The van der Waals surface area contributed by atoms with Crippen LogP contribution in [0, 0.1) is 18.3 Å². The Morgan fingerprint density at radius 2 is 1.74 bits per heavy atom. The van der Waals surface area contributed by atoms with E-state index >= 15 is 0 Å². The number of benzene rings is 2. The fourth-order valence-corrected chi connectivity index (χ4v) is 4.89. The van der Waals surface area contributed by atoms with E-state index < -0.39 is 0 Å². The molecule has 0 unspecified atom stereocenters. The van der Waals surface area contributed by atoms with Gasteiger partial charge in [-0.2, -0.15) is 5.26 Å². The van der Waals surface area contributed by atoms with Crippen LogP contribution in [0.25, 0.3) is 44.5 Å². The molecular formula is C27H21N2O2+. The van der Waals surface area contributed by atoms with Crippen LogP contribution in [0.1, 0.15) is 28.9 Å². The third kappa shape index (κ3) is 2.56. The number of aryl methyl sites for hydroxylation is 4. The second-order valence-electron chi connectivity index (χ2n) is 8.32. The molecule has 1 aliphatic rings. The summed E-state index contributed by atoms with van der Waals surface area (Å²) in [5.74, 6) is 1.77. The molecule has 2 aromatic carbocycles. The summed E-state index contributed by atoms with van der Waals surface area (Å²) >= 11 is 0. The first-order chi connectivity index (χ1) is 15.2. The van der Waals surface area contributed by atoms with Gasteiger partial charge in [-0.15, -0.1) is 0 Å². The Labute approximate surface area is 180 Å². The largest absolute Gasteiger partial charge is 0.461 e. The van der Waals surface area contributed by atoms with Gasteiger partial charge in [-0.1, -0.05) is 12.1 Å². The Kier molecular flexibility index (Phi) is 3.82. The van der Waals surface area contributed by atoms with E-state index in [-0.39, 0.29) is 0 Å². The molecule has 31 heavy (non-hydrogen) atoms. The lowest BCUT2D eigenvalue weighted by atomic mass is 9.98. The van der Waals surface area contributed by atoms with E-state index in [9.17, 15) is 5.26 Å². The maximum Gasteiger partial charge on any atom is 0.216 e. The monoisotopic (exact) mass is 405 g/mol. The second kappa shape index (κ2) is 6.58. The van der Waals surface area contributed by atoms with Gasteiger partial charge in [0.15, 0.2) is 6.20 Å². The molecule has 150 valence electrons. The van der Waals surface area contributed by atoms with E-state index in [1.54, 1.807) is 0 Å². The maximum atomic E-state index is 9.84. The third-order valence-electron chi connectivity index (χ3n) is 6.44. The zero-order valence-electron chi connectivity index (χ0n) is 17.5. The Morgan fingerprint density at radius 3 is 2.52 bits per heavy atom. The number of hydrogen-bond donors (Lipinski definition) is 0. The van der Waals surface area contributed by atoms with Crippen LogP contribution in [0.2, 0.25) is 0 Å². The fourth-order valence-electron chi connectivity index (χ4n) is 4.89. The number of fused-ring (bicyclic) bond motifs is 4. The minimum absolute atomic E-state index is 0.572. The molecular weight excluding hydrogens is 384 g/mol. The van der Waals surface area contributed by atoms with Crippen molar-refractivity contribution in [1.29, 1.82) is 5.26 Å². The predicted octanol–water partition coefficient (Wildman–Crippen LogP) is 6.01. The van der Waals surface area contributed by atoms with Gasteiger partial charge >= 0.3 is 0 Å². The molecule has 0 spiro atoms. The van der Waals surface area contributed by atoms with Crippen molar-refractivity contribution in [2.75, 3.05) is 0 Å². The van der Waals surface area contributed by atoms with Crippen LogP contribution in [-0.2, 0) is 19.9 Å². The molecule has 4 nitrogen and oxygen atoms in total. The van der Waals surface area contributed by atoms with Gasteiger partial charge in [-0.3, -0.25) is 0 Å². The van der Waals surface area contributed by atoms with Crippen LogP contribution < -0.4 is 4.57 Å². The summed E-state index contributed by atoms with van der Waals surface area (Å²) < 4.78 is 14.9. The Bertz CT molecular complexity index is 1520. The number of nitriles is 1. The highest BCUT2D eigenvalue weighted by molar-refractivity contribution is 6.13. The molecule has 4 heteroatoms. The van der Waals surface area contributed by atoms with Gasteiger partial charge in [-0.05, 0) is 55.2 Å². The van der Waals surface area contributed by atoms with Gasteiger partial charge in [0.1, 0.15) is 35.8 Å². The van der Waals surface area contributed by atoms with Gasteiger partial charge < -0.3 is 8.83 Å². The molecule has 0 fully saturated rings. The highest BCUT2D eigenvalue weighted by Gasteiger charge is 2.25. The summed E-state index contributed by atoms with van der Waals surface area (Å²) in [4.78, 5) is 0. The van der Waals surface area contributed by atoms with E-state index in [1.807, 2.05) is 37.5 Å². The van der Waals surface area contributed by atoms with Crippen molar-refractivity contribution in [2.24, 2.45) is 7.05 Å². The van der Waals surface area contributed by atoms with E-state index in [1.165, 1.54) is 5.56 Å². The highest BCUT2D eigenvalue weighted by Crippen LogP contribution is 2.43. The molecule has 0 saturated carbocycles. The molecule has 1 aliphatic carbocycles. The maximum absolute atomic E-state index is 9.84. The second-order valence-corrected chi connectivity index (χ2v) is 8.32. The van der Waals surface area contributed by atoms with Crippen molar-refractivity contribution in [3.63, 3.8) is 0 Å². The molecule has 5 aromatic rings. The smallest absolute Gasteiger partial charge is 0.216 e. The topological polar surface area (TPSA) is 54.0 Å². The lowest BCUT2D eigenvalue weighted by molar-refractivity contribution is -0.660. The van der Waals surface area contributed by atoms with E-state index in [0.717, 1.165) is 69.5 Å². The molecule has 3 aromatic heterocycles. The molecule has 0 N–H and O–H groups in total. The molecule has 6 rings (SSSR count). The van der Waals surface area contributed by atoms with Crippen LogP contribution in [0.5, 0.6) is 0 Å². The SMILES string of the molecule is Cc1ccc2c(oc3c(-c4cc5c(o4)CCC5)c(C#N)ccc32)c1-c1cccc[n+]1C. The van der Waals surface area contributed by atoms with Crippen LogP contribution >= 0.6 is 0 Å². The minimum atomic E-state index is 0.572. The Balaban J connectivity index is 1.71. The molecule has 0 bridgehead atoms. The van der Waals surface area contributed by atoms with Crippen molar-refractivity contribution in [1.82, 2.24) is 0 Å². The summed E-state index contributed by atoms with van der Waals surface area (Å²) in [7, 11) is 2.04. The first-order valence-corrected chi connectivity index (χ1v) is 10.6. The van der Waals surface area contributed by atoms with Gasteiger partial charge in [0, 0.05) is 29.3 Å². The first kappa shape index (κ1) is 18.0. The van der Waals surface area contributed by atoms with Gasteiger partial charge in [-0.25, -0.2) is 4.57 Å². The molecule has 0 radical (unpaired) electrons. The number of nitrogens with zero attached hydrogens (tertiary/aromatic N) is 2. The average molecular weight is 405 g/mol. The summed E-state index contributed by atoms with van der Waals surface area (Å²) in [5.41, 5.74) is 7.44. The minimum Gasteiger partial charge on any atom is -0.461 e. The van der Waals surface area contributed by atoms with Crippen molar-refractivity contribution in [2.45, 2.75) is 26.2 Å². The standard InChI is InChI=1S/C27H21N2O2/c1-16-9-11-19-20-12-10-18(15-28)25(23-14-17-6-5-8-22(17)30-23)27(20)31-26(19)24(16)21-7-3-4-13-29(21)2/h3-4,7,9-14H,5-6,8H2,1-2H3/q+1. The normalized spacial score (nSPS) is 13.1.